The van der Waals surface area contributed by atoms with Gasteiger partial charge in [-0.2, -0.15) is 0 Å². The summed E-state index contributed by atoms with van der Waals surface area (Å²) in [6, 6.07) is 4.97. The van der Waals surface area contributed by atoms with Crippen molar-refractivity contribution < 1.29 is 4.39 Å². The Labute approximate surface area is 110 Å². The Bertz CT molecular complexity index is 360. The van der Waals surface area contributed by atoms with Crippen molar-refractivity contribution in [2.45, 2.75) is 12.5 Å². The lowest BCUT2D eigenvalue weighted by Gasteiger charge is -2.20. The van der Waals surface area contributed by atoms with Crippen LogP contribution in [0.5, 0.6) is 0 Å². The Hall–Kier alpha value is -0.490. The molecule has 96 valence electrons. The average molecular weight is 304 g/mol. The molecule has 3 nitrogen and oxygen atoms in total. The SMILES string of the molecule is CN(CCc1cc(Br)ccc1F)CC(N)CN. The second-order valence-corrected chi connectivity index (χ2v) is 5.16. The van der Waals surface area contributed by atoms with Gasteiger partial charge in [0.15, 0.2) is 0 Å². The minimum Gasteiger partial charge on any atom is -0.329 e. The number of likely N-dealkylation sites (N-methyl/N-ethyl adjacent to an activating group) is 1. The zero-order valence-corrected chi connectivity index (χ0v) is 11.6. The predicted molar refractivity (Wildman–Crippen MR) is 72.3 cm³/mol. The van der Waals surface area contributed by atoms with Crippen LogP contribution < -0.4 is 11.5 Å². The molecule has 17 heavy (non-hydrogen) atoms. The Morgan fingerprint density at radius 1 is 1.47 bits per heavy atom. The van der Waals surface area contributed by atoms with Gasteiger partial charge in [0, 0.05) is 30.1 Å². The number of nitrogens with two attached hydrogens (primary N) is 2. The van der Waals surface area contributed by atoms with E-state index in [2.05, 4.69) is 20.8 Å². The first kappa shape index (κ1) is 14.6. The van der Waals surface area contributed by atoms with E-state index in [4.69, 9.17) is 11.5 Å². The molecule has 5 heteroatoms. The van der Waals surface area contributed by atoms with Gasteiger partial charge in [0.1, 0.15) is 5.82 Å². The van der Waals surface area contributed by atoms with Crippen molar-refractivity contribution in [3.63, 3.8) is 0 Å². The van der Waals surface area contributed by atoms with Gasteiger partial charge in [0.25, 0.3) is 0 Å². The summed E-state index contributed by atoms with van der Waals surface area (Å²) in [6.07, 6.45) is 0.666. The van der Waals surface area contributed by atoms with Crippen molar-refractivity contribution in [3.8, 4) is 0 Å². The lowest BCUT2D eigenvalue weighted by molar-refractivity contribution is 0.315. The standard InChI is InChI=1S/C12H19BrFN3/c1-17(8-11(16)7-15)5-4-9-6-10(13)2-3-12(9)14/h2-3,6,11H,4-5,7-8,15-16H2,1H3. The van der Waals surface area contributed by atoms with E-state index in [0.29, 0.717) is 18.5 Å². The molecule has 0 amide bonds. The van der Waals surface area contributed by atoms with Crippen molar-refractivity contribution in [2.24, 2.45) is 11.5 Å². The lowest BCUT2D eigenvalue weighted by Crippen LogP contribution is -2.41. The monoisotopic (exact) mass is 303 g/mol. The summed E-state index contributed by atoms with van der Waals surface area (Å²) in [5.41, 5.74) is 11.9. The van der Waals surface area contributed by atoms with Gasteiger partial charge in [0.05, 0.1) is 0 Å². The van der Waals surface area contributed by atoms with Crippen LogP contribution >= 0.6 is 15.9 Å². The van der Waals surface area contributed by atoms with Crippen molar-refractivity contribution in [2.75, 3.05) is 26.7 Å². The zero-order valence-electron chi connectivity index (χ0n) is 10.00. The normalized spacial score (nSPS) is 13.1. The first-order chi connectivity index (χ1) is 8.02. The molecule has 0 aromatic heterocycles. The van der Waals surface area contributed by atoms with Gasteiger partial charge in [-0.25, -0.2) is 4.39 Å². The third-order valence-corrected chi connectivity index (χ3v) is 3.11. The fourth-order valence-electron chi connectivity index (χ4n) is 1.61. The van der Waals surface area contributed by atoms with E-state index in [0.717, 1.165) is 17.6 Å². The molecule has 0 spiro atoms. The highest BCUT2D eigenvalue weighted by Gasteiger charge is 2.07. The summed E-state index contributed by atoms with van der Waals surface area (Å²) in [7, 11) is 1.96. The maximum absolute atomic E-state index is 13.5. The molecule has 1 aromatic carbocycles. The molecule has 1 rings (SSSR count). The number of benzene rings is 1. The highest BCUT2D eigenvalue weighted by molar-refractivity contribution is 9.10. The van der Waals surface area contributed by atoms with E-state index in [-0.39, 0.29) is 11.9 Å². The Kier molecular flexibility index (Phi) is 6.05. The summed E-state index contributed by atoms with van der Waals surface area (Å²) in [5.74, 6) is -0.162. The number of nitrogens with zero attached hydrogens (tertiary/aromatic N) is 1. The predicted octanol–water partition coefficient (Wildman–Crippen LogP) is 1.35. The first-order valence-corrected chi connectivity index (χ1v) is 6.40. The third-order valence-electron chi connectivity index (χ3n) is 2.62. The van der Waals surface area contributed by atoms with Crippen LogP contribution in [-0.4, -0.2) is 37.6 Å². The van der Waals surface area contributed by atoms with Gasteiger partial charge in [0.2, 0.25) is 0 Å². The largest absolute Gasteiger partial charge is 0.329 e. The van der Waals surface area contributed by atoms with Crippen LogP contribution in [-0.2, 0) is 6.42 Å². The molecule has 0 bridgehead atoms. The van der Waals surface area contributed by atoms with Crippen LogP contribution in [0.1, 0.15) is 5.56 Å². The fraction of sp³-hybridized carbons (Fsp3) is 0.500. The van der Waals surface area contributed by atoms with E-state index in [1.165, 1.54) is 6.07 Å². The molecule has 1 unspecified atom stereocenters. The van der Waals surface area contributed by atoms with Crippen LogP contribution in [0.25, 0.3) is 0 Å². The smallest absolute Gasteiger partial charge is 0.126 e. The lowest BCUT2D eigenvalue weighted by atomic mass is 10.1. The average Bonchev–Trinajstić information content (AvgIpc) is 2.30. The second-order valence-electron chi connectivity index (χ2n) is 4.24. The molecule has 0 aliphatic rings. The quantitative estimate of drug-likeness (QED) is 0.834. The summed E-state index contributed by atoms with van der Waals surface area (Å²) in [4.78, 5) is 2.07. The number of hydrogen-bond donors (Lipinski definition) is 2. The molecule has 1 atom stereocenters. The number of rotatable bonds is 6. The molecule has 0 fully saturated rings. The number of hydrogen-bond acceptors (Lipinski definition) is 3. The maximum Gasteiger partial charge on any atom is 0.126 e. The van der Waals surface area contributed by atoms with Crippen LogP contribution in [0.4, 0.5) is 4.39 Å². The topological polar surface area (TPSA) is 55.3 Å². The van der Waals surface area contributed by atoms with E-state index in [1.54, 1.807) is 6.07 Å². The van der Waals surface area contributed by atoms with Crippen molar-refractivity contribution in [1.29, 1.82) is 0 Å². The molecule has 0 radical (unpaired) electrons. The Morgan fingerprint density at radius 2 is 2.18 bits per heavy atom. The zero-order chi connectivity index (χ0) is 12.8. The molecule has 0 heterocycles. The minimum absolute atomic E-state index is 0.0210. The Morgan fingerprint density at radius 3 is 2.82 bits per heavy atom. The summed E-state index contributed by atoms with van der Waals surface area (Å²) in [6.45, 7) is 1.96. The highest BCUT2D eigenvalue weighted by atomic mass is 79.9. The van der Waals surface area contributed by atoms with Gasteiger partial charge in [-0.3, -0.25) is 0 Å². The van der Waals surface area contributed by atoms with Crippen LogP contribution in [0.3, 0.4) is 0 Å². The molecule has 0 aliphatic carbocycles. The highest BCUT2D eigenvalue weighted by Crippen LogP contribution is 2.16. The number of halogens is 2. The van der Waals surface area contributed by atoms with Gasteiger partial charge in [-0.1, -0.05) is 15.9 Å². The summed E-state index contributed by atoms with van der Waals surface area (Å²) < 4.78 is 14.4. The molecule has 1 aromatic rings. The fourth-order valence-corrected chi connectivity index (χ4v) is 2.02. The molecular weight excluding hydrogens is 285 g/mol. The van der Waals surface area contributed by atoms with Crippen molar-refractivity contribution >= 4 is 15.9 Å². The third kappa shape index (κ3) is 5.12. The molecule has 0 aliphatic heterocycles. The van der Waals surface area contributed by atoms with Gasteiger partial charge in [-0.15, -0.1) is 0 Å². The van der Waals surface area contributed by atoms with Crippen LogP contribution in [0.2, 0.25) is 0 Å². The molecule has 0 saturated heterocycles. The van der Waals surface area contributed by atoms with E-state index < -0.39 is 0 Å². The molecular formula is C12H19BrFN3. The van der Waals surface area contributed by atoms with Gasteiger partial charge in [-0.05, 0) is 37.2 Å². The van der Waals surface area contributed by atoms with E-state index in [9.17, 15) is 4.39 Å². The maximum atomic E-state index is 13.5. The second kappa shape index (κ2) is 7.06. The summed E-state index contributed by atoms with van der Waals surface area (Å²) in [5, 5.41) is 0. The minimum atomic E-state index is -0.162. The Balaban J connectivity index is 2.47. The van der Waals surface area contributed by atoms with E-state index in [1.807, 2.05) is 13.1 Å². The summed E-state index contributed by atoms with van der Waals surface area (Å²) >= 11 is 3.34. The van der Waals surface area contributed by atoms with Crippen molar-refractivity contribution in [1.82, 2.24) is 4.90 Å². The first-order valence-electron chi connectivity index (χ1n) is 5.61. The van der Waals surface area contributed by atoms with E-state index >= 15 is 0 Å². The van der Waals surface area contributed by atoms with Gasteiger partial charge >= 0.3 is 0 Å². The van der Waals surface area contributed by atoms with Crippen LogP contribution in [0, 0.1) is 5.82 Å². The van der Waals surface area contributed by atoms with Gasteiger partial charge < -0.3 is 16.4 Å². The molecule has 4 N–H and O–H groups in total. The van der Waals surface area contributed by atoms with Crippen LogP contribution in [0.15, 0.2) is 22.7 Å². The van der Waals surface area contributed by atoms with Crippen molar-refractivity contribution in [3.05, 3.63) is 34.1 Å². The molecule has 0 saturated carbocycles.